The fourth-order valence-electron chi connectivity index (χ4n) is 3.85. The lowest BCUT2D eigenvalue weighted by Crippen LogP contribution is -2.61. The maximum Gasteiger partial charge on any atom is 0.411 e. The molecule has 0 radical (unpaired) electrons. The first-order chi connectivity index (χ1) is 15.7. The first kappa shape index (κ1) is 22.4. The first-order valence-corrected chi connectivity index (χ1v) is 10.9. The number of hydrogen-bond acceptors (Lipinski definition) is 6. The zero-order valence-electron chi connectivity index (χ0n) is 19.0. The van der Waals surface area contributed by atoms with Gasteiger partial charge in [-0.25, -0.2) is 9.59 Å². The van der Waals surface area contributed by atoms with Gasteiger partial charge in [0.15, 0.2) is 0 Å². The minimum atomic E-state index is -0.596. The molecule has 1 saturated heterocycles. The molecule has 174 valence electrons. The van der Waals surface area contributed by atoms with Gasteiger partial charge in [0.2, 0.25) is 5.91 Å². The average Bonchev–Trinajstić information content (AvgIpc) is 2.77. The molecule has 1 fully saturated rings. The van der Waals surface area contributed by atoms with Gasteiger partial charge in [0.1, 0.15) is 18.2 Å². The number of nitrogens with zero attached hydrogens (tertiary/aromatic N) is 2. The van der Waals surface area contributed by atoms with Gasteiger partial charge < -0.3 is 24.6 Å². The maximum absolute atomic E-state index is 12.8. The van der Waals surface area contributed by atoms with Gasteiger partial charge in [0.05, 0.1) is 17.9 Å². The van der Waals surface area contributed by atoms with Crippen molar-refractivity contribution in [3.63, 3.8) is 0 Å². The van der Waals surface area contributed by atoms with E-state index in [1.54, 1.807) is 17.0 Å². The Morgan fingerprint density at radius 1 is 1.12 bits per heavy atom. The number of carbonyl (C=O) groups is 3. The van der Waals surface area contributed by atoms with E-state index in [1.807, 2.05) is 62.1 Å². The standard InChI is InChI=1S/C24H28N4O5/c1-24(2,3)33-23(31)27-11-12-28-19-10-9-17(13-18(19)26-21(29)20(28)14-27)25-22(30)32-15-16-7-5-4-6-8-16/h4-10,13,20H,11-12,14-15H2,1-3H3,(H,25,30)(H,26,29). The third kappa shape index (κ3) is 5.36. The van der Waals surface area contributed by atoms with Crippen molar-refractivity contribution >= 4 is 35.2 Å². The number of anilines is 3. The normalized spacial score (nSPS) is 17.4. The number of rotatable bonds is 3. The van der Waals surface area contributed by atoms with Crippen molar-refractivity contribution in [1.29, 1.82) is 0 Å². The number of benzene rings is 2. The molecule has 1 unspecified atom stereocenters. The Bertz CT molecular complexity index is 1050. The Kier molecular flexibility index (Phi) is 6.13. The summed E-state index contributed by atoms with van der Waals surface area (Å²) in [6.07, 6.45) is -1.00. The molecule has 3 amide bonds. The largest absolute Gasteiger partial charge is 0.444 e. The lowest BCUT2D eigenvalue weighted by atomic mass is 10.0. The van der Waals surface area contributed by atoms with Gasteiger partial charge >= 0.3 is 12.2 Å². The number of nitrogens with one attached hydrogen (secondary N) is 2. The van der Waals surface area contributed by atoms with Crippen LogP contribution in [-0.4, -0.2) is 54.3 Å². The Labute approximate surface area is 192 Å². The predicted octanol–water partition coefficient (Wildman–Crippen LogP) is 3.81. The van der Waals surface area contributed by atoms with Crippen LogP contribution in [0.2, 0.25) is 0 Å². The second kappa shape index (κ2) is 9.01. The molecule has 2 heterocycles. The predicted molar refractivity (Wildman–Crippen MR) is 124 cm³/mol. The molecule has 0 bridgehead atoms. The zero-order chi connectivity index (χ0) is 23.6. The van der Waals surface area contributed by atoms with Crippen LogP contribution in [0.4, 0.5) is 26.7 Å². The minimum absolute atomic E-state index is 0.165. The van der Waals surface area contributed by atoms with E-state index in [-0.39, 0.29) is 19.1 Å². The summed E-state index contributed by atoms with van der Waals surface area (Å²) in [5.74, 6) is -0.209. The quantitative estimate of drug-likeness (QED) is 0.735. The van der Waals surface area contributed by atoms with Crippen molar-refractivity contribution in [3.8, 4) is 0 Å². The smallest absolute Gasteiger partial charge is 0.411 e. The van der Waals surface area contributed by atoms with Gasteiger partial charge in [0, 0.05) is 18.8 Å². The third-order valence-electron chi connectivity index (χ3n) is 5.36. The molecule has 0 saturated carbocycles. The zero-order valence-corrected chi connectivity index (χ0v) is 19.0. The molecule has 2 aliphatic rings. The van der Waals surface area contributed by atoms with Crippen LogP contribution in [0.25, 0.3) is 0 Å². The summed E-state index contributed by atoms with van der Waals surface area (Å²) in [7, 11) is 0. The number of carbonyl (C=O) groups excluding carboxylic acids is 3. The van der Waals surface area contributed by atoms with Crippen molar-refractivity contribution < 1.29 is 23.9 Å². The van der Waals surface area contributed by atoms with Crippen LogP contribution in [0, 0.1) is 0 Å². The Hall–Kier alpha value is -3.75. The van der Waals surface area contributed by atoms with E-state index in [0.29, 0.717) is 24.5 Å². The molecule has 9 nitrogen and oxygen atoms in total. The summed E-state index contributed by atoms with van der Waals surface area (Å²) in [4.78, 5) is 40.9. The number of hydrogen-bond donors (Lipinski definition) is 2. The highest BCUT2D eigenvalue weighted by atomic mass is 16.6. The van der Waals surface area contributed by atoms with E-state index < -0.39 is 23.8 Å². The van der Waals surface area contributed by atoms with E-state index in [4.69, 9.17) is 9.47 Å². The molecule has 0 aliphatic carbocycles. The molecule has 2 N–H and O–H groups in total. The van der Waals surface area contributed by atoms with Crippen LogP contribution in [0.15, 0.2) is 48.5 Å². The van der Waals surface area contributed by atoms with Gasteiger partial charge in [-0.1, -0.05) is 30.3 Å². The summed E-state index contributed by atoms with van der Waals surface area (Å²) in [6.45, 7) is 6.79. The summed E-state index contributed by atoms with van der Waals surface area (Å²) in [5.41, 5.74) is 2.25. The topological polar surface area (TPSA) is 100 Å². The van der Waals surface area contributed by atoms with Gasteiger partial charge in [0.25, 0.3) is 0 Å². The van der Waals surface area contributed by atoms with Crippen LogP contribution in [0.3, 0.4) is 0 Å². The molecule has 2 aliphatic heterocycles. The summed E-state index contributed by atoms with van der Waals surface area (Å²) in [5, 5.41) is 5.58. The molecule has 9 heteroatoms. The molecule has 2 aromatic carbocycles. The minimum Gasteiger partial charge on any atom is -0.444 e. The van der Waals surface area contributed by atoms with Crippen LogP contribution < -0.4 is 15.5 Å². The monoisotopic (exact) mass is 452 g/mol. The molecule has 0 spiro atoms. The SMILES string of the molecule is CC(C)(C)OC(=O)N1CCN2c3ccc(NC(=O)OCc4ccccc4)cc3NC(=O)C2C1. The van der Waals surface area contributed by atoms with E-state index in [2.05, 4.69) is 10.6 Å². The lowest BCUT2D eigenvalue weighted by Gasteiger charge is -2.45. The molecule has 4 rings (SSSR count). The van der Waals surface area contributed by atoms with Crippen LogP contribution in [0.5, 0.6) is 0 Å². The Morgan fingerprint density at radius 2 is 1.88 bits per heavy atom. The summed E-state index contributed by atoms with van der Waals surface area (Å²) >= 11 is 0. The fourth-order valence-corrected chi connectivity index (χ4v) is 3.85. The molecular weight excluding hydrogens is 424 g/mol. The van der Waals surface area contributed by atoms with Gasteiger partial charge in [-0.15, -0.1) is 0 Å². The van der Waals surface area contributed by atoms with E-state index >= 15 is 0 Å². The number of ether oxygens (including phenoxy) is 2. The average molecular weight is 453 g/mol. The molecule has 33 heavy (non-hydrogen) atoms. The lowest BCUT2D eigenvalue weighted by molar-refractivity contribution is -0.118. The third-order valence-corrected chi connectivity index (χ3v) is 5.36. The van der Waals surface area contributed by atoms with Crippen LogP contribution in [-0.2, 0) is 20.9 Å². The molecule has 1 atom stereocenters. The number of piperazine rings is 1. The van der Waals surface area contributed by atoms with Crippen molar-refractivity contribution in [3.05, 3.63) is 54.1 Å². The second-order valence-electron chi connectivity index (χ2n) is 9.04. The van der Waals surface area contributed by atoms with Crippen molar-refractivity contribution in [2.75, 3.05) is 35.2 Å². The summed E-state index contributed by atoms with van der Waals surface area (Å²) < 4.78 is 10.7. The molecule has 0 aromatic heterocycles. The number of amides is 3. The van der Waals surface area contributed by atoms with Gasteiger partial charge in [-0.3, -0.25) is 10.1 Å². The van der Waals surface area contributed by atoms with E-state index in [9.17, 15) is 14.4 Å². The van der Waals surface area contributed by atoms with Crippen molar-refractivity contribution in [1.82, 2.24) is 4.90 Å². The van der Waals surface area contributed by atoms with Crippen LogP contribution >= 0.6 is 0 Å². The fraction of sp³-hybridized carbons (Fsp3) is 0.375. The highest BCUT2D eigenvalue weighted by Gasteiger charge is 2.39. The van der Waals surface area contributed by atoms with Crippen molar-refractivity contribution in [2.24, 2.45) is 0 Å². The molecule has 2 aromatic rings. The molecular formula is C24H28N4O5. The van der Waals surface area contributed by atoms with Crippen LogP contribution in [0.1, 0.15) is 26.3 Å². The maximum atomic E-state index is 12.8. The summed E-state index contributed by atoms with van der Waals surface area (Å²) in [6, 6.07) is 14.2. The van der Waals surface area contributed by atoms with Gasteiger partial charge in [-0.2, -0.15) is 0 Å². The highest BCUT2D eigenvalue weighted by molar-refractivity contribution is 6.05. The second-order valence-corrected chi connectivity index (χ2v) is 9.04. The highest BCUT2D eigenvalue weighted by Crippen LogP contribution is 2.36. The Morgan fingerprint density at radius 3 is 2.61 bits per heavy atom. The van der Waals surface area contributed by atoms with Crippen molar-refractivity contribution in [2.45, 2.75) is 39.0 Å². The van der Waals surface area contributed by atoms with E-state index in [0.717, 1.165) is 11.3 Å². The number of fused-ring (bicyclic) bond motifs is 3. The first-order valence-electron chi connectivity index (χ1n) is 10.9. The van der Waals surface area contributed by atoms with E-state index in [1.165, 1.54) is 0 Å². The van der Waals surface area contributed by atoms with Gasteiger partial charge in [-0.05, 0) is 44.5 Å². The Balaban J connectivity index is 1.40.